The molecule has 5 heteroatoms. The van der Waals surface area contributed by atoms with Crippen molar-refractivity contribution in [1.82, 2.24) is 5.32 Å². The van der Waals surface area contributed by atoms with Crippen LogP contribution in [0.5, 0.6) is 0 Å². The first-order valence-corrected chi connectivity index (χ1v) is 8.28. The Hall–Kier alpha value is -0.200. The molecule has 5 nitrogen and oxygen atoms in total. The van der Waals surface area contributed by atoms with Gasteiger partial charge in [-0.15, -0.1) is 0 Å². The maximum Gasteiger partial charge on any atom is 0.0701 e. The van der Waals surface area contributed by atoms with Crippen LogP contribution in [-0.2, 0) is 18.9 Å². The first kappa shape index (κ1) is 18.8. The van der Waals surface area contributed by atoms with Crippen molar-refractivity contribution in [3.63, 3.8) is 0 Å². The van der Waals surface area contributed by atoms with Crippen molar-refractivity contribution in [2.45, 2.75) is 38.1 Å². The Morgan fingerprint density at radius 2 is 1.43 bits per heavy atom. The summed E-state index contributed by atoms with van der Waals surface area (Å²) in [6.07, 6.45) is 6.81. The summed E-state index contributed by atoms with van der Waals surface area (Å²) in [5.41, 5.74) is 0. The van der Waals surface area contributed by atoms with Crippen molar-refractivity contribution in [3.8, 4) is 0 Å². The third-order valence-corrected chi connectivity index (χ3v) is 4.06. The molecule has 1 aliphatic rings. The molecule has 1 rings (SSSR count). The molecule has 1 atom stereocenters. The van der Waals surface area contributed by atoms with Gasteiger partial charge >= 0.3 is 0 Å². The van der Waals surface area contributed by atoms with E-state index in [0.29, 0.717) is 45.7 Å². The summed E-state index contributed by atoms with van der Waals surface area (Å²) >= 11 is 0. The first-order chi connectivity index (χ1) is 10.4. The molecule has 0 saturated heterocycles. The number of rotatable bonds is 13. The summed E-state index contributed by atoms with van der Waals surface area (Å²) in [5, 5.41) is 3.40. The number of hydrogen-bond donors (Lipinski definition) is 1. The molecule has 0 heterocycles. The molecule has 1 aliphatic carbocycles. The Labute approximate surface area is 129 Å². The molecule has 0 aliphatic heterocycles. The molecule has 0 radical (unpaired) electrons. The molecule has 1 N–H and O–H groups in total. The van der Waals surface area contributed by atoms with Crippen LogP contribution in [-0.4, -0.2) is 66.4 Å². The number of likely N-dealkylation sites (N-methyl/N-ethyl adjacent to an activating group) is 1. The summed E-state index contributed by atoms with van der Waals surface area (Å²) in [5.74, 6) is 0.777. The van der Waals surface area contributed by atoms with Gasteiger partial charge in [0.05, 0.1) is 46.2 Å². The predicted molar refractivity (Wildman–Crippen MR) is 83.8 cm³/mol. The molecule has 1 unspecified atom stereocenters. The highest BCUT2D eigenvalue weighted by Gasteiger charge is 2.22. The summed E-state index contributed by atoms with van der Waals surface area (Å²) < 4.78 is 21.4. The minimum atomic E-state index is 0.489. The van der Waals surface area contributed by atoms with Crippen LogP contribution in [0.25, 0.3) is 0 Å². The molecule has 0 spiro atoms. The SMILES string of the molecule is CNC(COCCOCCOCCOC)C1CCCCC1. The predicted octanol–water partition coefficient (Wildman–Crippen LogP) is 1.85. The van der Waals surface area contributed by atoms with Gasteiger partial charge in [0, 0.05) is 13.2 Å². The molecule has 1 fully saturated rings. The van der Waals surface area contributed by atoms with Gasteiger partial charge in [-0.05, 0) is 25.8 Å². The van der Waals surface area contributed by atoms with E-state index in [1.165, 1.54) is 32.1 Å². The molecular formula is C16H33NO4. The number of nitrogens with one attached hydrogen (secondary N) is 1. The molecule has 21 heavy (non-hydrogen) atoms. The number of hydrogen-bond acceptors (Lipinski definition) is 5. The Kier molecular flexibility index (Phi) is 12.1. The third kappa shape index (κ3) is 9.42. The maximum absolute atomic E-state index is 5.74. The van der Waals surface area contributed by atoms with E-state index in [1.807, 2.05) is 7.05 Å². The topological polar surface area (TPSA) is 49.0 Å². The summed E-state index contributed by atoms with van der Waals surface area (Å²) in [4.78, 5) is 0. The van der Waals surface area contributed by atoms with Gasteiger partial charge in [0.1, 0.15) is 0 Å². The van der Waals surface area contributed by atoms with Gasteiger partial charge in [-0.25, -0.2) is 0 Å². The Morgan fingerprint density at radius 1 is 0.857 bits per heavy atom. The maximum atomic E-state index is 5.74. The van der Waals surface area contributed by atoms with E-state index in [1.54, 1.807) is 7.11 Å². The normalized spacial score (nSPS) is 18.0. The standard InChI is InChI=1S/C16H33NO4/c1-17-16(15-6-4-3-5-7-15)14-21-13-12-20-11-10-19-9-8-18-2/h15-17H,3-14H2,1-2H3. The fourth-order valence-electron chi connectivity index (χ4n) is 2.78. The van der Waals surface area contributed by atoms with Crippen LogP contribution in [0.4, 0.5) is 0 Å². The highest BCUT2D eigenvalue weighted by Crippen LogP contribution is 2.26. The van der Waals surface area contributed by atoms with Crippen molar-refractivity contribution in [2.24, 2.45) is 5.92 Å². The monoisotopic (exact) mass is 303 g/mol. The minimum Gasteiger partial charge on any atom is -0.382 e. The van der Waals surface area contributed by atoms with Crippen molar-refractivity contribution < 1.29 is 18.9 Å². The zero-order valence-corrected chi connectivity index (χ0v) is 13.8. The second-order valence-corrected chi connectivity index (χ2v) is 5.59. The van der Waals surface area contributed by atoms with Gasteiger partial charge in [0.15, 0.2) is 0 Å². The van der Waals surface area contributed by atoms with Crippen LogP contribution < -0.4 is 5.32 Å². The lowest BCUT2D eigenvalue weighted by Crippen LogP contribution is -2.39. The Balaban J connectivity index is 1.90. The van der Waals surface area contributed by atoms with Gasteiger partial charge in [0.25, 0.3) is 0 Å². The molecule has 0 bridgehead atoms. The fraction of sp³-hybridized carbons (Fsp3) is 1.00. The first-order valence-electron chi connectivity index (χ1n) is 8.28. The van der Waals surface area contributed by atoms with Crippen LogP contribution in [0.1, 0.15) is 32.1 Å². The van der Waals surface area contributed by atoms with Crippen LogP contribution in [0.15, 0.2) is 0 Å². The summed E-state index contributed by atoms with van der Waals surface area (Å²) in [6, 6.07) is 0.489. The summed E-state index contributed by atoms with van der Waals surface area (Å²) in [7, 11) is 3.71. The molecular weight excluding hydrogens is 270 g/mol. The average Bonchev–Trinajstić information content (AvgIpc) is 2.54. The van der Waals surface area contributed by atoms with Gasteiger partial charge < -0.3 is 24.3 Å². The molecule has 0 aromatic rings. The quantitative estimate of drug-likeness (QED) is 0.526. The van der Waals surface area contributed by atoms with Crippen LogP contribution >= 0.6 is 0 Å². The van der Waals surface area contributed by atoms with Crippen molar-refractivity contribution in [3.05, 3.63) is 0 Å². The highest BCUT2D eigenvalue weighted by atomic mass is 16.6. The molecule has 0 amide bonds. The van der Waals surface area contributed by atoms with Gasteiger partial charge in [0.2, 0.25) is 0 Å². The second kappa shape index (κ2) is 13.5. The zero-order chi connectivity index (χ0) is 15.2. The lowest BCUT2D eigenvalue weighted by molar-refractivity contribution is -0.00216. The van der Waals surface area contributed by atoms with Crippen molar-refractivity contribution in [2.75, 3.05) is 60.4 Å². The van der Waals surface area contributed by atoms with E-state index in [0.717, 1.165) is 12.5 Å². The average molecular weight is 303 g/mol. The fourth-order valence-corrected chi connectivity index (χ4v) is 2.78. The molecule has 0 aromatic carbocycles. The number of methoxy groups -OCH3 is 1. The lowest BCUT2D eigenvalue weighted by atomic mass is 9.84. The van der Waals surface area contributed by atoms with Gasteiger partial charge in [-0.3, -0.25) is 0 Å². The lowest BCUT2D eigenvalue weighted by Gasteiger charge is -2.29. The molecule has 126 valence electrons. The summed E-state index contributed by atoms with van der Waals surface area (Å²) in [6.45, 7) is 4.57. The van der Waals surface area contributed by atoms with E-state index in [9.17, 15) is 0 Å². The van der Waals surface area contributed by atoms with Gasteiger partial charge in [-0.1, -0.05) is 19.3 Å². The Morgan fingerprint density at radius 3 is 2.00 bits per heavy atom. The van der Waals surface area contributed by atoms with Crippen molar-refractivity contribution in [1.29, 1.82) is 0 Å². The zero-order valence-electron chi connectivity index (χ0n) is 13.8. The van der Waals surface area contributed by atoms with Gasteiger partial charge in [-0.2, -0.15) is 0 Å². The van der Waals surface area contributed by atoms with E-state index >= 15 is 0 Å². The van der Waals surface area contributed by atoms with E-state index in [2.05, 4.69) is 5.32 Å². The highest BCUT2D eigenvalue weighted by molar-refractivity contribution is 4.77. The molecule has 0 aromatic heterocycles. The van der Waals surface area contributed by atoms with Crippen LogP contribution in [0, 0.1) is 5.92 Å². The van der Waals surface area contributed by atoms with Crippen molar-refractivity contribution >= 4 is 0 Å². The van der Waals surface area contributed by atoms with E-state index in [4.69, 9.17) is 18.9 Å². The van der Waals surface area contributed by atoms with E-state index < -0.39 is 0 Å². The molecule has 1 saturated carbocycles. The second-order valence-electron chi connectivity index (χ2n) is 5.59. The van der Waals surface area contributed by atoms with Crippen LogP contribution in [0.2, 0.25) is 0 Å². The van der Waals surface area contributed by atoms with E-state index in [-0.39, 0.29) is 0 Å². The third-order valence-electron chi connectivity index (χ3n) is 4.06. The Bertz CT molecular complexity index is 222. The largest absolute Gasteiger partial charge is 0.382 e. The smallest absolute Gasteiger partial charge is 0.0701 e. The number of ether oxygens (including phenoxy) is 4. The minimum absolute atomic E-state index is 0.489. The van der Waals surface area contributed by atoms with Crippen LogP contribution in [0.3, 0.4) is 0 Å².